The number of aryl methyl sites for hydroxylation is 1. The van der Waals surface area contributed by atoms with Crippen LogP contribution in [-0.2, 0) is 32.6 Å². The second-order valence-corrected chi connectivity index (χ2v) is 10.8. The van der Waals surface area contributed by atoms with Crippen LogP contribution in [0.25, 0.3) is 0 Å². The number of para-hydroxylation sites is 1. The quantitative estimate of drug-likeness (QED) is 0.480. The van der Waals surface area contributed by atoms with Crippen molar-refractivity contribution < 1.29 is 22.7 Å². The Bertz CT molecular complexity index is 1120. The molecular formula is C26H37N3O5S. The van der Waals surface area contributed by atoms with Crippen LogP contribution in [0.5, 0.6) is 5.75 Å². The summed E-state index contributed by atoms with van der Waals surface area (Å²) in [7, 11) is -2.21. The van der Waals surface area contributed by atoms with Crippen LogP contribution in [0.1, 0.15) is 38.8 Å². The number of carbonyl (C=O) groups excluding carboxylic acids is 2. The van der Waals surface area contributed by atoms with Gasteiger partial charge < -0.3 is 15.0 Å². The maximum atomic E-state index is 13.6. The number of amides is 2. The van der Waals surface area contributed by atoms with Gasteiger partial charge in [-0.1, -0.05) is 51.1 Å². The molecule has 0 aliphatic heterocycles. The first-order chi connectivity index (χ1) is 16.5. The minimum absolute atomic E-state index is 0.124. The van der Waals surface area contributed by atoms with Gasteiger partial charge in [-0.3, -0.25) is 13.9 Å². The van der Waals surface area contributed by atoms with Crippen molar-refractivity contribution in [2.24, 2.45) is 5.92 Å². The lowest BCUT2D eigenvalue weighted by Gasteiger charge is -2.32. The maximum absolute atomic E-state index is 13.6. The molecule has 0 saturated heterocycles. The first-order valence-corrected chi connectivity index (χ1v) is 13.6. The maximum Gasteiger partial charge on any atom is 0.244 e. The summed E-state index contributed by atoms with van der Waals surface area (Å²) in [5.41, 5.74) is 2.04. The average Bonchev–Trinajstić information content (AvgIpc) is 2.83. The number of sulfonamides is 1. The molecule has 2 amide bonds. The SMILES string of the molecule is CCc1ccccc1N(CC(=O)N(Cc1cccc(OC)c1)C(C)C(=O)NCC(C)C)S(C)(=O)=O. The van der Waals surface area contributed by atoms with Crippen molar-refractivity contribution in [3.63, 3.8) is 0 Å². The molecule has 0 radical (unpaired) electrons. The molecule has 192 valence electrons. The zero-order valence-corrected chi connectivity index (χ0v) is 22.3. The predicted molar refractivity (Wildman–Crippen MR) is 139 cm³/mol. The van der Waals surface area contributed by atoms with Crippen molar-refractivity contribution in [2.45, 2.75) is 46.7 Å². The van der Waals surface area contributed by atoms with E-state index >= 15 is 0 Å². The standard InChI is InChI=1S/C26H37N3O5S/c1-7-22-12-8-9-14-24(22)29(35(6,32)33)18-25(30)28(20(4)26(31)27-16-19(2)3)17-21-11-10-13-23(15-21)34-5/h8-15,19-20H,7,16-18H2,1-6H3,(H,27,31). The highest BCUT2D eigenvalue weighted by molar-refractivity contribution is 7.92. The van der Waals surface area contributed by atoms with Crippen molar-refractivity contribution in [3.8, 4) is 5.75 Å². The fourth-order valence-corrected chi connectivity index (χ4v) is 4.53. The van der Waals surface area contributed by atoms with E-state index in [9.17, 15) is 18.0 Å². The summed E-state index contributed by atoms with van der Waals surface area (Å²) in [4.78, 5) is 27.9. The number of hydrogen-bond acceptors (Lipinski definition) is 5. The third kappa shape index (κ3) is 7.99. The molecule has 0 fully saturated rings. The van der Waals surface area contributed by atoms with Gasteiger partial charge in [0, 0.05) is 13.1 Å². The topological polar surface area (TPSA) is 96.0 Å². The average molecular weight is 504 g/mol. The van der Waals surface area contributed by atoms with Gasteiger partial charge in [-0.05, 0) is 48.6 Å². The lowest BCUT2D eigenvalue weighted by atomic mass is 10.1. The van der Waals surface area contributed by atoms with E-state index in [-0.39, 0.29) is 18.4 Å². The van der Waals surface area contributed by atoms with E-state index in [1.165, 1.54) is 4.90 Å². The number of benzene rings is 2. The predicted octanol–water partition coefficient (Wildman–Crippen LogP) is 3.21. The van der Waals surface area contributed by atoms with Crippen LogP contribution >= 0.6 is 0 Å². The van der Waals surface area contributed by atoms with E-state index in [1.807, 2.05) is 39.0 Å². The Morgan fingerprint density at radius 3 is 2.34 bits per heavy atom. The van der Waals surface area contributed by atoms with Crippen LogP contribution in [0.3, 0.4) is 0 Å². The highest BCUT2D eigenvalue weighted by Crippen LogP contribution is 2.24. The molecule has 35 heavy (non-hydrogen) atoms. The highest BCUT2D eigenvalue weighted by atomic mass is 32.2. The number of anilines is 1. The Morgan fingerprint density at radius 1 is 1.06 bits per heavy atom. The van der Waals surface area contributed by atoms with Gasteiger partial charge >= 0.3 is 0 Å². The first kappa shape index (κ1) is 28.2. The van der Waals surface area contributed by atoms with Crippen LogP contribution in [0.2, 0.25) is 0 Å². The van der Waals surface area contributed by atoms with Crippen LogP contribution < -0.4 is 14.4 Å². The Morgan fingerprint density at radius 2 is 1.74 bits per heavy atom. The van der Waals surface area contributed by atoms with Crippen LogP contribution in [0.4, 0.5) is 5.69 Å². The fraction of sp³-hybridized carbons (Fsp3) is 0.462. The monoisotopic (exact) mass is 503 g/mol. The number of ether oxygens (including phenoxy) is 1. The van der Waals surface area contributed by atoms with E-state index < -0.39 is 28.5 Å². The summed E-state index contributed by atoms with van der Waals surface area (Å²) in [5, 5.41) is 2.87. The number of nitrogens with one attached hydrogen (secondary N) is 1. The summed E-state index contributed by atoms with van der Waals surface area (Å²) < 4.78 is 31.9. The number of nitrogens with zero attached hydrogens (tertiary/aromatic N) is 2. The smallest absolute Gasteiger partial charge is 0.244 e. The van der Waals surface area contributed by atoms with Gasteiger partial charge in [0.15, 0.2) is 0 Å². The van der Waals surface area contributed by atoms with Gasteiger partial charge in [0.1, 0.15) is 18.3 Å². The number of methoxy groups -OCH3 is 1. The lowest BCUT2D eigenvalue weighted by Crippen LogP contribution is -2.51. The van der Waals surface area contributed by atoms with Gasteiger partial charge in [-0.2, -0.15) is 0 Å². The molecule has 2 rings (SSSR count). The Labute approximate surface area is 209 Å². The zero-order valence-electron chi connectivity index (χ0n) is 21.4. The molecule has 0 bridgehead atoms. The first-order valence-electron chi connectivity index (χ1n) is 11.7. The van der Waals surface area contributed by atoms with Crippen molar-refractivity contribution in [1.82, 2.24) is 10.2 Å². The molecule has 2 aromatic rings. The number of rotatable bonds is 12. The molecular weight excluding hydrogens is 466 g/mol. The molecule has 2 aromatic carbocycles. The molecule has 0 aromatic heterocycles. The summed E-state index contributed by atoms with van der Waals surface area (Å²) in [6.07, 6.45) is 1.69. The zero-order chi connectivity index (χ0) is 26.2. The van der Waals surface area contributed by atoms with Crippen molar-refractivity contribution in [3.05, 3.63) is 59.7 Å². The summed E-state index contributed by atoms with van der Waals surface area (Å²) in [5.74, 6) is 0.104. The van der Waals surface area contributed by atoms with Gasteiger partial charge in [0.2, 0.25) is 21.8 Å². The third-order valence-corrected chi connectivity index (χ3v) is 6.79. The van der Waals surface area contributed by atoms with E-state index in [2.05, 4.69) is 5.32 Å². The Hall–Kier alpha value is -3.07. The second-order valence-electron chi connectivity index (χ2n) is 8.94. The summed E-state index contributed by atoms with van der Waals surface area (Å²) in [6.45, 7) is 7.74. The Kier molecular flexibility index (Phi) is 10.1. The molecule has 0 aliphatic carbocycles. The van der Waals surface area contributed by atoms with E-state index in [0.717, 1.165) is 21.7 Å². The minimum Gasteiger partial charge on any atom is -0.497 e. The number of carbonyl (C=O) groups is 2. The van der Waals surface area contributed by atoms with Crippen molar-refractivity contribution >= 4 is 27.5 Å². The van der Waals surface area contributed by atoms with E-state index in [4.69, 9.17) is 4.74 Å². The highest BCUT2D eigenvalue weighted by Gasteiger charge is 2.30. The Balaban J connectivity index is 2.42. The van der Waals surface area contributed by atoms with Crippen LogP contribution in [-0.4, -0.2) is 57.6 Å². The molecule has 1 unspecified atom stereocenters. The molecule has 8 nitrogen and oxygen atoms in total. The molecule has 9 heteroatoms. The number of hydrogen-bond donors (Lipinski definition) is 1. The molecule has 0 saturated carbocycles. The van der Waals surface area contributed by atoms with Gasteiger partial charge in [-0.15, -0.1) is 0 Å². The molecule has 0 spiro atoms. The van der Waals surface area contributed by atoms with E-state index in [0.29, 0.717) is 24.4 Å². The lowest BCUT2D eigenvalue weighted by molar-refractivity contribution is -0.139. The van der Waals surface area contributed by atoms with Crippen molar-refractivity contribution in [2.75, 3.05) is 30.8 Å². The van der Waals surface area contributed by atoms with Crippen molar-refractivity contribution in [1.29, 1.82) is 0 Å². The fourth-order valence-electron chi connectivity index (χ4n) is 3.65. The van der Waals surface area contributed by atoms with E-state index in [1.54, 1.807) is 44.4 Å². The van der Waals surface area contributed by atoms with Crippen LogP contribution in [0, 0.1) is 5.92 Å². The van der Waals surface area contributed by atoms with Gasteiger partial charge in [0.05, 0.1) is 19.1 Å². The summed E-state index contributed by atoms with van der Waals surface area (Å²) >= 11 is 0. The molecule has 1 atom stereocenters. The van der Waals surface area contributed by atoms with Crippen LogP contribution in [0.15, 0.2) is 48.5 Å². The normalized spacial score (nSPS) is 12.2. The molecule has 0 aliphatic rings. The largest absolute Gasteiger partial charge is 0.497 e. The summed E-state index contributed by atoms with van der Waals surface area (Å²) in [6, 6.07) is 13.5. The van der Waals surface area contributed by atoms with Gasteiger partial charge in [0.25, 0.3) is 0 Å². The second kappa shape index (κ2) is 12.6. The van der Waals surface area contributed by atoms with Gasteiger partial charge in [-0.25, -0.2) is 8.42 Å². The third-order valence-electron chi connectivity index (χ3n) is 5.66. The minimum atomic E-state index is -3.76. The molecule has 0 heterocycles. The molecule has 1 N–H and O–H groups in total.